The topological polar surface area (TPSA) is 295 Å². The number of aliphatic hydroxyl groups excluding tert-OH is 12. The number of hydrogen-bond acceptors (Lipinski definition) is 16. The Morgan fingerprint density at radius 2 is 0.767 bits per heavy atom. The molecule has 0 aliphatic rings. The Morgan fingerprint density at radius 1 is 0.500 bits per heavy atom. The minimum atomic E-state index is -2.67. The van der Waals surface area contributed by atoms with Gasteiger partial charge in [0.05, 0.1) is 13.2 Å². The van der Waals surface area contributed by atoms with Gasteiger partial charge >= 0.3 is 11.9 Å². The largest absolute Gasteiger partial charge is 0.425 e. The number of rotatable bonds is 12. The smallest absolute Gasteiger partial charge is 0.419 e. The lowest BCUT2D eigenvalue weighted by Crippen LogP contribution is -2.52. The fourth-order valence-corrected chi connectivity index (χ4v) is 1.87. The van der Waals surface area contributed by atoms with Crippen molar-refractivity contribution in [2.75, 3.05) is 13.2 Å². The predicted octanol–water partition coefficient (Wildman–Crippen LogP) is -8.42. The highest BCUT2D eigenvalue weighted by Gasteiger charge is 2.39. The van der Waals surface area contributed by atoms with Gasteiger partial charge in [-0.1, -0.05) is 0 Å². The van der Waals surface area contributed by atoms with Crippen molar-refractivity contribution in [1.82, 2.24) is 0 Å². The minimum Gasteiger partial charge on any atom is -0.425 e. The van der Waals surface area contributed by atoms with E-state index >= 15 is 0 Å². The molecule has 0 aromatic rings. The SMILES string of the molecule is O=C(OC(O)[C@@H](O)[C@@H](O)[C@H](O)[C@H](O)CO)C(=O)OC(O)[C@@H](O)[C@@H](O)[C@H](O)[C@H](O)CO. The zero-order valence-electron chi connectivity index (χ0n) is 15.2. The van der Waals surface area contributed by atoms with Gasteiger partial charge in [0.1, 0.15) is 48.8 Å². The molecule has 0 aliphatic heterocycles. The fourth-order valence-electron chi connectivity index (χ4n) is 1.87. The maximum absolute atomic E-state index is 11.5. The van der Waals surface area contributed by atoms with Crippen molar-refractivity contribution in [2.24, 2.45) is 0 Å². The number of esters is 2. The lowest BCUT2D eigenvalue weighted by Gasteiger charge is -2.28. The second kappa shape index (κ2) is 13.0. The summed E-state index contributed by atoms with van der Waals surface area (Å²) < 4.78 is 8.00. The van der Waals surface area contributed by atoms with Crippen molar-refractivity contribution in [2.45, 2.75) is 61.4 Å². The van der Waals surface area contributed by atoms with E-state index in [0.29, 0.717) is 0 Å². The highest BCUT2D eigenvalue weighted by molar-refractivity contribution is 6.29. The van der Waals surface area contributed by atoms with Crippen LogP contribution in [0.1, 0.15) is 0 Å². The fraction of sp³-hybridized carbons (Fsp3) is 0.857. The van der Waals surface area contributed by atoms with Crippen LogP contribution >= 0.6 is 0 Å². The molecular weight excluding hydrogens is 424 g/mol. The molecule has 0 saturated carbocycles. The van der Waals surface area contributed by atoms with Crippen molar-refractivity contribution >= 4 is 11.9 Å². The summed E-state index contributed by atoms with van der Waals surface area (Å²) in [5, 5.41) is 111. The van der Waals surface area contributed by atoms with Gasteiger partial charge in [0.25, 0.3) is 0 Å². The zero-order valence-corrected chi connectivity index (χ0v) is 15.2. The molecule has 178 valence electrons. The van der Waals surface area contributed by atoms with Crippen LogP contribution in [-0.2, 0) is 19.1 Å². The Bertz CT molecular complexity index is 484. The van der Waals surface area contributed by atoms with E-state index in [1.54, 1.807) is 0 Å². The average Bonchev–Trinajstić information content (AvgIpc) is 2.73. The molecule has 30 heavy (non-hydrogen) atoms. The van der Waals surface area contributed by atoms with Crippen LogP contribution in [0.3, 0.4) is 0 Å². The molecule has 0 heterocycles. The first-order chi connectivity index (χ1) is 13.8. The normalized spacial score (nSPS) is 21.9. The molecule has 0 aromatic carbocycles. The monoisotopic (exact) mass is 450 g/mol. The Hall–Kier alpha value is -1.54. The third-order valence-electron chi connectivity index (χ3n) is 3.77. The van der Waals surface area contributed by atoms with Crippen molar-refractivity contribution in [3.63, 3.8) is 0 Å². The quantitative estimate of drug-likeness (QED) is 0.0746. The van der Waals surface area contributed by atoms with Crippen molar-refractivity contribution in [3.8, 4) is 0 Å². The van der Waals surface area contributed by atoms with E-state index in [4.69, 9.17) is 20.4 Å². The predicted molar refractivity (Wildman–Crippen MR) is 86.4 cm³/mol. The summed E-state index contributed by atoms with van der Waals surface area (Å²) in [4.78, 5) is 23.0. The number of carbonyl (C=O) groups is 2. The third-order valence-corrected chi connectivity index (χ3v) is 3.77. The van der Waals surface area contributed by atoms with Crippen LogP contribution in [0.2, 0.25) is 0 Å². The molecule has 0 spiro atoms. The molecule has 0 radical (unpaired) electrons. The first-order valence-electron chi connectivity index (χ1n) is 8.24. The molecule has 0 amide bonds. The molecule has 16 heteroatoms. The first kappa shape index (κ1) is 28.5. The standard InChI is InChI=1S/C14H26O16/c15-1-3(17)5(19)7(21)9(23)11(25)29-13(27)14(28)30-12(26)10(24)8(22)6(20)4(18)2-16/h3-12,15-26H,1-2H2/t3-,4-,5-,6-,7+,8+,9+,10+,11?,12?/m1/s1. The lowest BCUT2D eigenvalue weighted by atomic mass is 10.0. The average molecular weight is 450 g/mol. The summed E-state index contributed by atoms with van der Waals surface area (Å²) in [5.41, 5.74) is 0. The van der Waals surface area contributed by atoms with Gasteiger partial charge in [0, 0.05) is 0 Å². The summed E-state index contributed by atoms with van der Waals surface area (Å²) in [5.74, 6) is -4.19. The Labute approximate surface area is 168 Å². The van der Waals surface area contributed by atoms with E-state index in [9.17, 15) is 50.4 Å². The van der Waals surface area contributed by atoms with E-state index in [-0.39, 0.29) is 0 Å². The summed E-state index contributed by atoms with van der Waals surface area (Å²) in [6.45, 7) is -2.08. The van der Waals surface area contributed by atoms with Crippen LogP contribution in [0.4, 0.5) is 0 Å². The zero-order chi connectivity index (χ0) is 23.8. The van der Waals surface area contributed by atoms with Gasteiger partial charge in [-0.2, -0.15) is 0 Å². The van der Waals surface area contributed by atoms with Crippen LogP contribution in [0.15, 0.2) is 0 Å². The number of carbonyl (C=O) groups excluding carboxylic acids is 2. The Kier molecular flexibility index (Phi) is 12.3. The van der Waals surface area contributed by atoms with E-state index < -0.39 is 86.6 Å². The first-order valence-corrected chi connectivity index (χ1v) is 8.24. The van der Waals surface area contributed by atoms with Gasteiger partial charge in [0.2, 0.25) is 12.6 Å². The molecule has 16 nitrogen and oxygen atoms in total. The van der Waals surface area contributed by atoms with Gasteiger partial charge in [-0.3, -0.25) is 0 Å². The van der Waals surface area contributed by atoms with E-state index in [1.165, 1.54) is 0 Å². The second-order valence-corrected chi connectivity index (χ2v) is 6.04. The molecule has 0 bridgehead atoms. The molecular formula is C14H26O16. The van der Waals surface area contributed by atoms with Gasteiger partial charge in [-0.25, -0.2) is 9.59 Å². The second-order valence-electron chi connectivity index (χ2n) is 6.04. The van der Waals surface area contributed by atoms with E-state index in [1.807, 2.05) is 0 Å². The van der Waals surface area contributed by atoms with Crippen LogP contribution < -0.4 is 0 Å². The van der Waals surface area contributed by atoms with Gasteiger partial charge in [0.15, 0.2) is 0 Å². The maximum atomic E-state index is 11.5. The molecule has 2 unspecified atom stereocenters. The Balaban J connectivity index is 4.81. The van der Waals surface area contributed by atoms with Crippen molar-refractivity contribution in [3.05, 3.63) is 0 Å². The number of hydrogen-bond donors (Lipinski definition) is 12. The van der Waals surface area contributed by atoms with Gasteiger partial charge in [-0.05, 0) is 0 Å². The van der Waals surface area contributed by atoms with Crippen molar-refractivity contribution < 1.29 is 80.3 Å². The van der Waals surface area contributed by atoms with Crippen molar-refractivity contribution in [1.29, 1.82) is 0 Å². The van der Waals surface area contributed by atoms with E-state index in [2.05, 4.69) is 9.47 Å². The molecule has 12 N–H and O–H groups in total. The summed E-state index contributed by atoms with van der Waals surface area (Å²) >= 11 is 0. The summed E-state index contributed by atoms with van der Waals surface area (Å²) in [6, 6.07) is 0. The van der Waals surface area contributed by atoms with E-state index in [0.717, 1.165) is 0 Å². The van der Waals surface area contributed by atoms with Crippen LogP contribution in [0, 0.1) is 0 Å². The molecule has 0 rings (SSSR count). The molecule has 0 saturated heterocycles. The van der Waals surface area contributed by atoms with Crippen LogP contribution in [0.5, 0.6) is 0 Å². The summed E-state index contributed by atoms with van der Waals surface area (Å²) in [6.07, 6.45) is -23.3. The number of aliphatic hydroxyl groups is 12. The Morgan fingerprint density at radius 3 is 1.00 bits per heavy atom. The van der Waals surface area contributed by atoms with Crippen LogP contribution in [-0.4, -0.2) is 148 Å². The van der Waals surface area contributed by atoms with Crippen LogP contribution in [0.25, 0.3) is 0 Å². The summed E-state index contributed by atoms with van der Waals surface area (Å²) in [7, 11) is 0. The van der Waals surface area contributed by atoms with Gasteiger partial charge in [-0.15, -0.1) is 0 Å². The highest BCUT2D eigenvalue weighted by Crippen LogP contribution is 2.12. The third kappa shape index (κ3) is 7.95. The minimum absolute atomic E-state index is 1.04. The molecule has 0 aliphatic carbocycles. The lowest BCUT2D eigenvalue weighted by molar-refractivity contribution is -0.230. The maximum Gasteiger partial charge on any atom is 0.419 e. The molecule has 0 aromatic heterocycles. The molecule has 0 fully saturated rings. The molecule has 10 atom stereocenters. The van der Waals surface area contributed by atoms with Gasteiger partial charge < -0.3 is 70.8 Å². The number of ether oxygens (including phenoxy) is 2. The highest BCUT2D eigenvalue weighted by atomic mass is 16.7.